The van der Waals surface area contributed by atoms with E-state index in [0.29, 0.717) is 0 Å². The minimum atomic E-state index is -0.627. The van der Waals surface area contributed by atoms with E-state index < -0.39 is 15.8 Å². The molecule has 0 spiro atoms. The van der Waals surface area contributed by atoms with E-state index in [1.54, 1.807) is 0 Å². The molecule has 4 heteroatoms. The molecule has 6 rings (SSSR count). The first-order valence-corrected chi connectivity index (χ1v) is 18.0. The lowest BCUT2D eigenvalue weighted by Crippen LogP contribution is -2.32. The summed E-state index contributed by atoms with van der Waals surface area (Å²) < 4.78 is 0. The monoisotopic (exact) mass is 597 g/mol. The molecule has 0 radical (unpaired) electrons. The number of anilines is 1. The van der Waals surface area contributed by atoms with E-state index >= 15 is 0 Å². The van der Waals surface area contributed by atoms with Gasteiger partial charge in [-0.2, -0.15) is 0 Å². The summed E-state index contributed by atoms with van der Waals surface area (Å²) in [6, 6.07) is 64.0. The zero-order valence-electron chi connectivity index (χ0n) is 23.4. The Bertz CT molecular complexity index is 1490. The van der Waals surface area contributed by atoms with E-state index in [0.717, 1.165) is 12.6 Å². The first-order valence-electron chi connectivity index (χ1n) is 14.2. The Labute approximate surface area is 256 Å². The van der Waals surface area contributed by atoms with Crippen LogP contribution in [0.15, 0.2) is 186 Å². The molecule has 0 fully saturated rings. The van der Waals surface area contributed by atoms with Crippen LogP contribution in [0.25, 0.3) is 0 Å². The molecule has 6 aromatic carbocycles. The summed E-state index contributed by atoms with van der Waals surface area (Å²) in [5.41, 5.74) is 1.30. The molecular formula is C38H33NP2S. The molecule has 0 aliphatic heterocycles. The van der Waals surface area contributed by atoms with Crippen molar-refractivity contribution in [1.29, 1.82) is 0 Å². The fourth-order valence-electron chi connectivity index (χ4n) is 5.02. The van der Waals surface area contributed by atoms with Crippen LogP contribution in [0.5, 0.6) is 0 Å². The molecule has 0 atom stereocenters. The summed E-state index contributed by atoms with van der Waals surface area (Å²) in [6.07, 6.45) is 1.88. The van der Waals surface area contributed by atoms with E-state index in [9.17, 15) is 0 Å². The molecular weight excluding hydrogens is 564 g/mol. The number of nitrogens with zero attached hydrogens (tertiary/aromatic N) is 1. The Morgan fingerprint density at radius 1 is 0.381 bits per heavy atom. The van der Waals surface area contributed by atoms with Gasteiger partial charge in [0.1, 0.15) is 0 Å². The number of hydrogen-bond acceptors (Lipinski definition) is 2. The van der Waals surface area contributed by atoms with Gasteiger partial charge in [0.25, 0.3) is 0 Å². The molecule has 0 heterocycles. The Balaban J connectivity index is 1.46. The number of hydrogen-bond donors (Lipinski definition) is 0. The van der Waals surface area contributed by atoms with Crippen molar-refractivity contribution in [3.05, 3.63) is 176 Å². The van der Waals surface area contributed by atoms with Gasteiger partial charge in [-0.05, 0) is 61.3 Å². The molecule has 0 bridgehead atoms. The number of rotatable bonds is 11. The number of para-hydroxylation sites is 1. The van der Waals surface area contributed by atoms with Gasteiger partial charge in [-0.3, -0.25) is 0 Å². The van der Waals surface area contributed by atoms with E-state index in [1.807, 2.05) is 11.8 Å². The maximum atomic E-state index is 2.68. The molecule has 0 amide bonds. The summed E-state index contributed by atoms with van der Waals surface area (Å²) in [7, 11) is -1.25. The number of benzene rings is 6. The van der Waals surface area contributed by atoms with Crippen LogP contribution in [-0.4, -0.2) is 12.6 Å². The molecule has 0 aromatic heterocycles. The average molecular weight is 598 g/mol. The van der Waals surface area contributed by atoms with Crippen molar-refractivity contribution in [3.63, 3.8) is 0 Å². The quantitative estimate of drug-likeness (QED) is 0.137. The van der Waals surface area contributed by atoms with Crippen LogP contribution in [-0.2, 0) is 0 Å². The summed E-state index contributed by atoms with van der Waals surface area (Å²) in [5.74, 6) is 0. The standard InChI is InChI=1S/C38H33NP2S/c1-6-18-32(19-7-1)40(33-20-8-2-9-21-33)30-39(37-28-16-17-29-38(37)42-36-26-14-5-15-27-36)31-41(34-22-10-3-11-23-34)35-24-12-4-13-25-35/h1-29H,30-31H2. The van der Waals surface area contributed by atoms with Gasteiger partial charge < -0.3 is 4.90 Å². The van der Waals surface area contributed by atoms with Crippen LogP contribution in [0.4, 0.5) is 5.69 Å². The zero-order chi connectivity index (χ0) is 28.4. The molecule has 206 valence electrons. The second kappa shape index (κ2) is 14.5. The Morgan fingerprint density at radius 3 is 1.12 bits per heavy atom. The molecule has 0 saturated carbocycles. The summed E-state index contributed by atoms with van der Waals surface area (Å²) in [5, 5.41) is 5.61. The predicted octanol–water partition coefficient (Wildman–Crippen LogP) is 8.83. The highest BCUT2D eigenvalue weighted by Gasteiger charge is 2.24. The van der Waals surface area contributed by atoms with Gasteiger partial charge in [0.05, 0.1) is 5.69 Å². The van der Waals surface area contributed by atoms with Crippen LogP contribution in [0.2, 0.25) is 0 Å². The van der Waals surface area contributed by atoms with Crippen molar-refractivity contribution in [3.8, 4) is 0 Å². The van der Waals surface area contributed by atoms with Crippen molar-refractivity contribution in [1.82, 2.24) is 0 Å². The third-order valence-electron chi connectivity index (χ3n) is 7.07. The van der Waals surface area contributed by atoms with E-state index in [4.69, 9.17) is 0 Å². The van der Waals surface area contributed by atoms with E-state index in [-0.39, 0.29) is 0 Å². The van der Waals surface area contributed by atoms with Gasteiger partial charge in [0.2, 0.25) is 0 Å². The molecule has 0 unspecified atom stereocenters. The second-order valence-corrected chi connectivity index (χ2v) is 15.4. The van der Waals surface area contributed by atoms with Crippen LogP contribution >= 0.6 is 27.6 Å². The van der Waals surface area contributed by atoms with Crippen molar-refractivity contribution >= 4 is 54.5 Å². The van der Waals surface area contributed by atoms with Crippen LogP contribution in [0.3, 0.4) is 0 Å². The summed E-state index contributed by atoms with van der Waals surface area (Å²) >= 11 is 1.85. The van der Waals surface area contributed by atoms with Crippen molar-refractivity contribution in [2.75, 3.05) is 17.5 Å². The van der Waals surface area contributed by atoms with E-state index in [1.165, 1.54) is 36.7 Å². The smallest absolute Gasteiger partial charge is 0.0514 e. The van der Waals surface area contributed by atoms with Gasteiger partial charge in [-0.15, -0.1) is 0 Å². The fourth-order valence-corrected chi connectivity index (χ4v) is 10.7. The van der Waals surface area contributed by atoms with Crippen molar-refractivity contribution in [2.24, 2.45) is 0 Å². The average Bonchev–Trinajstić information content (AvgIpc) is 3.07. The fraction of sp³-hybridized carbons (Fsp3) is 0.0526. The van der Waals surface area contributed by atoms with Crippen LogP contribution < -0.4 is 26.1 Å². The van der Waals surface area contributed by atoms with Crippen molar-refractivity contribution in [2.45, 2.75) is 9.79 Å². The maximum absolute atomic E-state index is 2.68. The zero-order valence-corrected chi connectivity index (χ0v) is 26.0. The van der Waals surface area contributed by atoms with Gasteiger partial charge in [-0.1, -0.05) is 163 Å². The minimum Gasteiger partial charge on any atom is -0.361 e. The Morgan fingerprint density at radius 2 is 0.714 bits per heavy atom. The van der Waals surface area contributed by atoms with Gasteiger partial charge in [0, 0.05) is 22.4 Å². The Kier molecular flexibility index (Phi) is 9.81. The topological polar surface area (TPSA) is 3.24 Å². The maximum Gasteiger partial charge on any atom is 0.0514 e. The molecule has 0 aliphatic rings. The highest BCUT2D eigenvalue weighted by molar-refractivity contribution is 7.99. The van der Waals surface area contributed by atoms with Crippen LogP contribution in [0.1, 0.15) is 0 Å². The first-order chi connectivity index (χ1) is 20.8. The van der Waals surface area contributed by atoms with Crippen LogP contribution in [0, 0.1) is 0 Å². The van der Waals surface area contributed by atoms with Gasteiger partial charge >= 0.3 is 0 Å². The molecule has 0 saturated heterocycles. The highest BCUT2D eigenvalue weighted by atomic mass is 32.2. The first kappa shape index (κ1) is 28.4. The third kappa shape index (κ3) is 7.21. The highest BCUT2D eigenvalue weighted by Crippen LogP contribution is 2.44. The normalized spacial score (nSPS) is 11.1. The third-order valence-corrected chi connectivity index (χ3v) is 13.1. The lowest BCUT2D eigenvalue weighted by molar-refractivity contribution is 1.03. The SMILES string of the molecule is c1ccc(Sc2ccccc2N(CP(c2ccccc2)c2ccccc2)CP(c2ccccc2)c2ccccc2)cc1. The predicted molar refractivity (Wildman–Crippen MR) is 187 cm³/mol. The lowest BCUT2D eigenvalue weighted by Gasteiger charge is -2.35. The van der Waals surface area contributed by atoms with Gasteiger partial charge in [0.15, 0.2) is 0 Å². The van der Waals surface area contributed by atoms with E-state index in [2.05, 4.69) is 181 Å². The molecule has 0 N–H and O–H groups in total. The molecule has 42 heavy (non-hydrogen) atoms. The lowest BCUT2D eigenvalue weighted by atomic mass is 10.3. The minimum absolute atomic E-state index is 0.627. The molecule has 0 aliphatic carbocycles. The summed E-state index contributed by atoms with van der Waals surface area (Å²) in [6.45, 7) is 0. The Hall–Kier alpha value is -3.67. The summed E-state index contributed by atoms with van der Waals surface area (Å²) in [4.78, 5) is 5.23. The molecule has 1 nitrogen and oxygen atoms in total. The largest absolute Gasteiger partial charge is 0.361 e. The van der Waals surface area contributed by atoms with Crippen molar-refractivity contribution < 1.29 is 0 Å². The molecule has 6 aromatic rings. The second-order valence-electron chi connectivity index (χ2n) is 9.90. The van der Waals surface area contributed by atoms with Gasteiger partial charge in [-0.25, -0.2) is 0 Å².